The minimum atomic E-state index is -0.304. The summed E-state index contributed by atoms with van der Waals surface area (Å²) in [6, 6.07) is 6.61. The molecule has 1 aliphatic heterocycles. The van der Waals surface area contributed by atoms with Crippen LogP contribution in [0.5, 0.6) is 0 Å². The molecule has 1 aromatic heterocycles. The molecule has 2 unspecified atom stereocenters. The standard InChI is InChI=1S/C21H27N5O2/c1-13-18(25-11-8-15(12-25)14(2)23-10-3-9-22)7-6-17-19(13)26(16-4-5-16)21(28)24-20(17)27/h6-7,14-16,23H,3-5,8,10-12H2,1-2H3,(H,24,27,28). The maximum Gasteiger partial charge on any atom is 0.329 e. The second kappa shape index (κ2) is 7.44. The van der Waals surface area contributed by atoms with E-state index in [4.69, 9.17) is 5.26 Å². The fraction of sp³-hybridized carbons (Fsp3) is 0.571. The second-order valence-electron chi connectivity index (χ2n) is 8.11. The van der Waals surface area contributed by atoms with Gasteiger partial charge in [0.15, 0.2) is 0 Å². The number of anilines is 1. The predicted molar refractivity (Wildman–Crippen MR) is 110 cm³/mol. The fourth-order valence-electron chi connectivity index (χ4n) is 4.47. The molecular formula is C21H27N5O2. The molecule has 4 rings (SSSR count). The van der Waals surface area contributed by atoms with Crippen molar-refractivity contribution in [3.05, 3.63) is 38.5 Å². The number of aryl methyl sites for hydroxylation is 1. The van der Waals surface area contributed by atoms with Crippen LogP contribution in [0.25, 0.3) is 10.9 Å². The van der Waals surface area contributed by atoms with E-state index in [1.165, 1.54) is 0 Å². The molecule has 1 saturated heterocycles. The van der Waals surface area contributed by atoms with Gasteiger partial charge in [0.25, 0.3) is 5.56 Å². The van der Waals surface area contributed by atoms with E-state index in [1.807, 2.05) is 19.1 Å². The maximum atomic E-state index is 12.4. The van der Waals surface area contributed by atoms with Crippen LogP contribution in [0.15, 0.2) is 21.7 Å². The van der Waals surface area contributed by atoms with Gasteiger partial charge in [0.2, 0.25) is 0 Å². The van der Waals surface area contributed by atoms with Crippen molar-refractivity contribution in [3.63, 3.8) is 0 Å². The third kappa shape index (κ3) is 3.33. The first-order chi connectivity index (χ1) is 13.5. The van der Waals surface area contributed by atoms with E-state index in [0.717, 1.165) is 55.7 Å². The van der Waals surface area contributed by atoms with Crippen molar-refractivity contribution >= 4 is 16.6 Å². The van der Waals surface area contributed by atoms with Crippen LogP contribution in [0.2, 0.25) is 0 Å². The lowest BCUT2D eigenvalue weighted by atomic mass is 10.0. The number of nitrogens with zero attached hydrogens (tertiary/aromatic N) is 3. The summed E-state index contributed by atoms with van der Waals surface area (Å²) in [5, 5.41) is 12.8. The second-order valence-corrected chi connectivity index (χ2v) is 8.11. The van der Waals surface area contributed by atoms with Crippen molar-refractivity contribution in [3.8, 4) is 6.07 Å². The van der Waals surface area contributed by atoms with E-state index in [9.17, 15) is 9.59 Å². The Morgan fingerprint density at radius 1 is 1.32 bits per heavy atom. The largest absolute Gasteiger partial charge is 0.371 e. The number of hydrogen-bond acceptors (Lipinski definition) is 5. The molecule has 1 aromatic carbocycles. The molecule has 0 radical (unpaired) electrons. The van der Waals surface area contributed by atoms with Gasteiger partial charge >= 0.3 is 5.69 Å². The average molecular weight is 381 g/mol. The quantitative estimate of drug-likeness (QED) is 0.747. The summed E-state index contributed by atoms with van der Waals surface area (Å²) >= 11 is 0. The number of H-pyrrole nitrogens is 1. The highest BCUT2D eigenvalue weighted by Crippen LogP contribution is 2.38. The lowest BCUT2D eigenvalue weighted by Gasteiger charge is -2.25. The Bertz CT molecular complexity index is 1040. The summed E-state index contributed by atoms with van der Waals surface area (Å²) < 4.78 is 1.79. The Labute approximate surface area is 164 Å². The molecule has 28 heavy (non-hydrogen) atoms. The number of nitrogens with one attached hydrogen (secondary N) is 2. The van der Waals surface area contributed by atoms with Crippen molar-refractivity contribution in [1.29, 1.82) is 5.26 Å². The number of fused-ring (bicyclic) bond motifs is 1. The van der Waals surface area contributed by atoms with Crippen molar-refractivity contribution < 1.29 is 0 Å². The summed E-state index contributed by atoms with van der Waals surface area (Å²) in [6.45, 7) is 6.82. The van der Waals surface area contributed by atoms with Gasteiger partial charge in [-0.3, -0.25) is 14.3 Å². The smallest absolute Gasteiger partial charge is 0.329 e. The zero-order valence-corrected chi connectivity index (χ0v) is 16.5. The molecule has 2 aliphatic rings. The van der Waals surface area contributed by atoms with Crippen LogP contribution in [0, 0.1) is 24.2 Å². The minimum absolute atomic E-state index is 0.205. The Hall–Kier alpha value is -2.59. The monoisotopic (exact) mass is 381 g/mol. The van der Waals surface area contributed by atoms with Gasteiger partial charge in [-0.15, -0.1) is 0 Å². The highest BCUT2D eigenvalue weighted by molar-refractivity contribution is 5.86. The Balaban J connectivity index is 1.65. The number of benzene rings is 1. The Morgan fingerprint density at radius 2 is 2.11 bits per heavy atom. The van der Waals surface area contributed by atoms with Gasteiger partial charge in [-0.2, -0.15) is 5.26 Å². The van der Waals surface area contributed by atoms with Crippen LogP contribution in [0.3, 0.4) is 0 Å². The third-order valence-corrected chi connectivity index (χ3v) is 6.21. The van der Waals surface area contributed by atoms with Crippen LogP contribution >= 0.6 is 0 Å². The van der Waals surface area contributed by atoms with Crippen molar-refractivity contribution in [2.24, 2.45) is 5.92 Å². The molecule has 2 fully saturated rings. The molecule has 2 N–H and O–H groups in total. The lowest BCUT2D eigenvalue weighted by molar-refractivity contribution is 0.406. The van der Waals surface area contributed by atoms with Gasteiger partial charge < -0.3 is 10.2 Å². The van der Waals surface area contributed by atoms with Crippen LogP contribution in [-0.2, 0) is 0 Å². The first-order valence-corrected chi connectivity index (χ1v) is 10.1. The van der Waals surface area contributed by atoms with Crippen LogP contribution < -0.4 is 21.5 Å². The SMILES string of the molecule is Cc1c(N2CCC(C(C)NCCC#N)C2)ccc2c(=O)[nH]c(=O)n(C3CC3)c12. The van der Waals surface area contributed by atoms with Crippen LogP contribution in [0.1, 0.15) is 44.2 Å². The molecule has 148 valence electrons. The highest BCUT2D eigenvalue weighted by atomic mass is 16.2. The van der Waals surface area contributed by atoms with E-state index in [2.05, 4.69) is 28.2 Å². The van der Waals surface area contributed by atoms with E-state index in [1.54, 1.807) is 4.57 Å². The number of aromatic nitrogens is 2. The predicted octanol–water partition coefficient (Wildman–Crippen LogP) is 2.05. The zero-order chi connectivity index (χ0) is 19.8. The van der Waals surface area contributed by atoms with Gasteiger partial charge in [0.1, 0.15) is 0 Å². The van der Waals surface area contributed by atoms with Gasteiger partial charge in [-0.1, -0.05) is 0 Å². The van der Waals surface area contributed by atoms with Crippen molar-refractivity contribution in [2.45, 2.75) is 51.6 Å². The molecule has 2 atom stereocenters. The van der Waals surface area contributed by atoms with Crippen molar-refractivity contribution in [2.75, 3.05) is 24.5 Å². The molecule has 7 heteroatoms. The lowest BCUT2D eigenvalue weighted by Crippen LogP contribution is -2.36. The third-order valence-electron chi connectivity index (χ3n) is 6.21. The molecule has 1 aliphatic carbocycles. The van der Waals surface area contributed by atoms with E-state index in [0.29, 0.717) is 23.8 Å². The minimum Gasteiger partial charge on any atom is -0.371 e. The van der Waals surface area contributed by atoms with Crippen molar-refractivity contribution in [1.82, 2.24) is 14.9 Å². The summed E-state index contributed by atoms with van der Waals surface area (Å²) in [6.07, 6.45) is 3.59. The molecule has 0 spiro atoms. The Kier molecular flexibility index (Phi) is 4.98. The van der Waals surface area contributed by atoms with E-state index in [-0.39, 0.29) is 17.3 Å². The molecular weight excluding hydrogens is 354 g/mol. The molecule has 1 saturated carbocycles. The summed E-state index contributed by atoms with van der Waals surface area (Å²) in [5.41, 5.74) is 2.31. The number of hydrogen-bond donors (Lipinski definition) is 2. The topological polar surface area (TPSA) is 93.9 Å². The van der Waals surface area contributed by atoms with Gasteiger partial charge in [-0.25, -0.2) is 4.79 Å². The molecule has 7 nitrogen and oxygen atoms in total. The van der Waals surface area contributed by atoms with Gasteiger partial charge in [0.05, 0.1) is 17.0 Å². The summed E-state index contributed by atoms with van der Waals surface area (Å²) in [4.78, 5) is 29.6. The van der Waals surface area contributed by atoms with Gasteiger partial charge in [0, 0.05) is 43.8 Å². The highest BCUT2D eigenvalue weighted by Gasteiger charge is 2.31. The first-order valence-electron chi connectivity index (χ1n) is 10.1. The van der Waals surface area contributed by atoms with Crippen LogP contribution in [-0.4, -0.2) is 35.2 Å². The van der Waals surface area contributed by atoms with E-state index >= 15 is 0 Å². The normalized spacial score (nSPS) is 20.5. The molecule has 0 amide bonds. The maximum absolute atomic E-state index is 12.4. The molecule has 2 aromatic rings. The first kappa shape index (κ1) is 18.8. The molecule has 2 heterocycles. The van der Waals surface area contributed by atoms with E-state index < -0.39 is 0 Å². The molecule has 0 bridgehead atoms. The number of rotatable bonds is 6. The van der Waals surface area contributed by atoms with Gasteiger partial charge in [-0.05, 0) is 56.7 Å². The summed E-state index contributed by atoms with van der Waals surface area (Å²) in [7, 11) is 0. The number of nitriles is 1. The Morgan fingerprint density at radius 3 is 2.82 bits per heavy atom. The average Bonchev–Trinajstić information content (AvgIpc) is 3.38. The number of aromatic amines is 1. The fourth-order valence-corrected chi connectivity index (χ4v) is 4.47. The van der Waals surface area contributed by atoms with Crippen LogP contribution in [0.4, 0.5) is 5.69 Å². The summed E-state index contributed by atoms with van der Waals surface area (Å²) in [5.74, 6) is 0.513. The zero-order valence-electron chi connectivity index (χ0n) is 16.5.